The molecular formula is C11H15Br2NS. The van der Waals surface area contributed by atoms with E-state index < -0.39 is 0 Å². The van der Waals surface area contributed by atoms with Crippen molar-refractivity contribution in [3.63, 3.8) is 0 Å². The number of hydrogen-bond acceptors (Lipinski definition) is 2. The summed E-state index contributed by atoms with van der Waals surface area (Å²) in [6, 6.07) is 2.73. The number of halogens is 2. The van der Waals surface area contributed by atoms with E-state index in [0.717, 1.165) is 5.92 Å². The van der Waals surface area contributed by atoms with Gasteiger partial charge in [-0.1, -0.05) is 13.8 Å². The summed E-state index contributed by atoms with van der Waals surface area (Å²) in [4.78, 5) is 1.42. The lowest BCUT2D eigenvalue weighted by Crippen LogP contribution is -2.19. The maximum absolute atomic E-state index is 3.56. The number of rotatable bonds is 3. The Morgan fingerprint density at radius 3 is 2.47 bits per heavy atom. The minimum Gasteiger partial charge on any atom is -0.312 e. The van der Waals surface area contributed by atoms with E-state index in [1.165, 1.54) is 19.6 Å². The normalized spacial score (nSPS) is 25.3. The summed E-state index contributed by atoms with van der Waals surface area (Å²) in [5.74, 6) is 0.778. The van der Waals surface area contributed by atoms with Gasteiger partial charge in [0.1, 0.15) is 0 Å². The number of nitrogens with one attached hydrogen (secondary N) is 1. The Bertz CT molecular complexity index is 353. The SMILES string of the molecule is CNC(c1cc(Br)c(Br)s1)C1CC1(C)C. The van der Waals surface area contributed by atoms with Crippen LogP contribution < -0.4 is 5.32 Å². The molecule has 0 bridgehead atoms. The second-order valence-electron chi connectivity index (χ2n) is 4.84. The molecule has 1 N–H and O–H groups in total. The highest BCUT2D eigenvalue weighted by Crippen LogP contribution is 2.58. The third-order valence-electron chi connectivity index (χ3n) is 3.27. The topological polar surface area (TPSA) is 12.0 Å². The van der Waals surface area contributed by atoms with E-state index in [-0.39, 0.29) is 0 Å². The average Bonchev–Trinajstić information content (AvgIpc) is 2.62. The van der Waals surface area contributed by atoms with E-state index in [9.17, 15) is 0 Å². The molecule has 0 saturated heterocycles. The van der Waals surface area contributed by atoms with Crippen LogP contribution in [0, 0.1) is 11.3 Å². The van der Waals surface area contributed by atoms with Gasteiger partial charge in [-0.3, -0.25) is 0 Å². The number of thiophene rings is 1. The molecule has 0 radical (unpaired) electrons. The Balaban J connectivity index is 2.21. The Morgan fingerprint density at radius 1 is 1.53 bits per heavy atom. The lowest BCUT2D eigenvalue weighted by atomic mass is 10.0. The standard InChI is InChI=1S/C11H15Br2NS/c1-11(2)5-6(11)9(14-3)8-4-7(12)10(13)15-8/h4,6,9,14H,5H2,1-3H3. The molecular weight excluding hydrogens is 338 g/mol. The molecule has 0 amide bonds. The molecule has 1 aromatic heterocycles. The van der Waals surface area contributed by atoms with Crippen LogP contribution in [0.2, 0.25) is 0 Å². The molecule has 0 aromatic carbocycles. The molecule has 1 nitrogen and oxygen atoms in total. The van der Waals surface area contributed by atoms with Gasteiger partial charge in [-0.2, -0.15) is 0 Å². The van der Waals surface area contributed by atoms with Crippen molar-refractivity contribution in [2.75, 3.05) is 7.05 Å². The first kappa shape index (κ1) is 12.1. The van der Waals surface area contributed by atoms with Crippen LogP contribution in [-0.2, 0) is 0 Å². The van der Waals surface area contributed by atoms with Gasteiger partial charge in [0.05, 0.1) is 3.79 Å². The van der Waals surface area contributed by atoms with E-state index in [4.69, 9.17) is 0 Å². The van der Waals surface area contributed by atoms with Crippen molar-refractivity contribution in [2.45, 2.75) is 26.3 Å². The summed E-state index contributed by atoms with van der Waals surface area (Å²) >= 11 is 8.93. The van der Waals surface area contributed by atoms with Crippen LogP contribution in [0.25, 0.3) is 0 Å². The van der Waals surface area contributed by atoms with Crippen LogP contribution >= 0.6 is 43.2 Å². The Kier molecular flexibility index (Phi) is 3.33. The van der Waals surface area contributed by atoms with E-state index in [1.54, 1.807) is 0 Å². The predicted octanol–water partition coefficient (Wildman–Crippen LogP) is 4.58. The minimum atomic E-state index is 0.507. The minimum absolute atomic E-state index is 0.507. The summed E-state index contributed by atoms with van der Waals surface area (Å²) in [6.07, 6.45) is 1.33. The fraction of sp³-hybridized carbons (Fsp3) is 0.636. The van der Waals surface area contributed by atoms with E-state index >= 15 is 0 Å². The predicted molar refractivity (Wildman–Crippen MR) is 73.4 cm³/mol. The zero-order chi connectivity index (χ0) is 11.2. The molecule has 1 heterocycles. The van der Waals surface area contributed by atoms with Gasteiger partial charge in [0.15, 0.2) is 0 Å². The summed E-state index contributed by atoms with van der Waals surface area (Å²) in [6.45, 7) is 4.69. The Hall–Kier alpha value is 0.620. The fourth-order valence-electron chi connectivity index (χ4n) is 2.14. The lowest BCUT2D eigenvalue weighted by Gasteiger charge is -2.16. The summed E-state index contributed by atoms with van der Waals surface area (Å²) in [5, 5.41) is 3.45. The molecule has 2 unspecified atom stereocenters. The van der Waals surface area contributed by atoms with E-state index in [2.05, 4.69) is 64.1 Å². The monoisotopic (exact) mass is 351 g/mol. The van der Waals surface area contributed by atoms with E-state index in [1.807, 2.05) is 11.3 Å². The van der Waals surface area contributed by atoms with Crippen LogP contribution in [0.15, 0.2) is 14.3 Å². The average molecular weight is 353 g/mol. The van der Waals surface area contributed by atoms with Gasteiger partial charge in [-0.05, 0) is 62.7 Å². The van der Waals surface area contributed by atoms with Crippen molar-refractivity contribution >= 4 is 43.2 Å². The zero-order valence-electron chi connectivity index (χ0n) is 9.10. The third-order valence-corrected chi connectivity index (χ3v) is 6.61. The molecule has 0 aliphatic heterocycles. The van der Waals surface area contributed by atoms with Gasteiger partial charge < -0.3 is 5.32 Å². The Morgan fingerprint density at radius 2 is 2.13 bits per heavy atom. The second kappa shape index (κ2) is 4.13. The molecule has 2 atom stereocenters. The molecule has 1 fully saturated rings. The zero-order valence-corrected chi connectivity index (χ0v) is 13.1. The van der Waals surface area contributed by atoms with Crippen molar-refractivity contribution < 1.29 is 0 Å². The van der Waals surface area contributed by atoms with Crippen molar-refractivity contribution in [3.05, 3.63) is 19.2 Å². The van der Waals surface area contributed by atoms with Crippen LogP contribution in [-0.4, -0.2) is 7.05 Å². The van der Waals surface area contributed by atoms with Crippen LogP contribution in [0.5, 0.6) is 0 Å². The lowest BCUT2D eigenvalue weighted by molar-refractivity contribution is 0.446. The van der Waals surface area contributed by atoms with Crippen molar-refractivity contribution in [1.29, 1.82) is 0 Å². The van der Waals surface area contributed by atoms with Gasteiger partial charge in [-0.25, -0.2) is 0 Å². The smallest absolute Gasteiger partial charge is 0.0843 e. The highest BCUT2D eigenvalue weighted by atomic mass is 79.9. The molecule has 1 aromatic rings. The van der Waals surface area contributed by atoms with Gasteiger partial charge in [-0.15, -0.1) is 11.3 Å². The van der Waals surface area contributed by atoms with Crippen LogP contribution in [0.3, 0.4) is 0 Å². The van der Waals surface area contributed by atoms with Crippen molar-refractivity contribution in [2.24, 2.45) is 11.3 Å². The maximum atomic E-state index is 3.56. The van der Waals surface area contributed by atoms with E-state index in [0.29, 0.717) is 11.5 Å². The van der Waals surface area contributed by atoms with Gasteiger partial charge in [0.2, 0.25) is 0 Å². The number of hydrogen-bond donors (Lipinski definition) is 1. The van der Waals surface area contributed by atoms with Crippen LogP contribution in [0.4, 0.5) is 0 Å². The molecule has 2 rings (SSSR count). The molecule has 15 heavy (non-hydrogen) atoms. The molecule has 0 spiro atoms. The quantitative estimate of drug-likeness (QED) is 0.839. The molecule has 1 aliphatic rings. The molecule has 1 aliphatic carbocycles. The second-order valence-corrected chi connectivity index (χ2v) is 8.09. The fourth-order valence-corrected chi connectivity index (χ4v) is 4.40. The molecule has 84 valence electrons. The first-order chi connectivity index (χ1) is 6.95. The first-order valence-electron chi connectivity index (χ1n) is 5.07. The highest BCUT2D eigenvalue weighted by molar-refractivity contribution is 9.13. The van der Waals surface area contributed by atoms with Gasteiger partial charge in [0, 0.05) is 15.4 Å². The van der Waals surface area contributed by atoms with Gasteiger partial charge in [0.25, 0.3) is 0 Å². The van der Waals surface area contributed by atoms with Gasteiger partial charge >= 0.3 is 0 Å². The summed E-state index contributed by atoms with van der Waals surface area (Å²) < 4.78 is 2.36. The molecule has 1 saturated carbocycles. The Labute approximate surface area is 112 Å². The third kappa shape index (κ3) is 2.33. The largest absolute Gasteiger partial charge is 0.312 e. The highest BCUT2D eigenvalue weighted by Gasteiger charge is 2.50. The summed E-state index contributed by atoms with van der Waals surface area (Å²) in [7, 11) is 2.06. The van der Waals surface area contributed by atoms with Crippen molar-refractivity contribution in [3.8, 4) is 0 Å². The summed E-state index contributed by atoms with van der Waals surface area (Å²) in [5.41, 5.74) is 0.511. The first-order valence-corrected chi connectivity index (χ1v) is 7.48. The van der Waals surface area contributed by atoms with Crippen LogP contribution in [0.1, 0.15) is 31.2 Å². The van der Waals surface area contributed by atoms with Crippen molar-refractivity contribution in [1.82, 2.24) is 5.32 Å². The maximum Gasteiger partial charge on any atom is 0.0843 e. The molecule has 4 heteroatoms.